The Kier molecular flexibility index (Phi) is 7.24. The third kappa shape index (κ3) is 5.61. The van der Waals surface area contributed by atoms with Crippen molar-refractivity contribution in [3.8, 4) is 11.4 Å². The summed E-state index contributed by atoms with van der Waals surface area (Å²) in [6.07, 6.45) is 3.52. The molecule has 1 aliphatic rings. The molecule has 1 aromatic carbocycles. The molecule has 0 N–H and O–H groups in total. The van der Waals surface area contributed by atoms with Gasteiger partial charge >= 0.3 is 0 Å². The van der Waals surface area contributed by atoms with Crippen LogP contribution in [0.5, 0.6) is 0 Å². The standard InChI is InChI=1S/C26H33FN6O/c1-18(2)5-8-23-29-26(21-6-7-22(27)20(4)16-21)30-33(23)17-25(34)32-13-11-31(12-14-32)24-15-19(3)9-10-28-24/h6-7,9-10,15-16,18H,5,8,11-14,17H2,1-4H3. The number of carbonyl (C=O) groups excluding carboxylic acids is 1. The van der Waals surface area contributed by atoms with E-state index in [0.29, 0.717) is 30.4 Å². The SMILES string of the molecule is Cc1ccnc(N2CCN(C(=O)Cn3nc(-c4ccc(F)c(C)c4)nc3CCC(C)C)CC2)c1. The molecule has 8 heteroatoms. The number of pyridine rings is 1. The van der Waals surface area contributed by atoms with E-state index in [2.05, 4.69) is 41.8 Å². The Bertz CT molecular complexity index is 1150. The normalized spacial score (nSPS) is 14.2. The van der Waals surface area contributed by atoms with Gasteiger partial charge in [-0.3, -0.25) is 4.79 Å². The van der Waals surface area contributed by atoms with Crippen LogP contribution in [0.2, 0.25) is 0 Å². The molecular formula is C26H33FN6O. The number of aryl methyl sites for hydroxylation is 3. The fourth-order valence-electron chi connectivity index (χ4n) is 4.12. The number of rotatable bonds is 7. The zero-order valence-electron chi connectivity index (χ0n) is 20.5. The molecule has 0 unspecified atom stereocenters. The highest BCUT2D eigenvalue weighted by atomic mass is 19.1. The second-order valence-electron chi connectivity index (χ2n) is 9.46. The fraction of sp³-hybridized carbons (Fsp3) is 0.462. The summed E-state index contributed by atoms with van der Waals surface area (Å²) in [6.45, 7) is 11.1. The maximum Gasteiger partial charge on any atom is 0.244 e. The Labute approximate surface area is 200 Å². The van der Waals surface area contributed by atoms with Gasteiger partial charge in [-0.05, 0) is 67.6 Å². The number of hydrogen-bond donors (Lipinski definition) is 0. The second-order valence-corrected chi connectivity index (χ2v) is 9.46. The Hall–Kier alpha value is -3.29. The largest absolute Gasteiger partial charge is 0.353 e. The summed E-state index contributed by atoms with van der Waals surface area (Å²) < 4.78 is 15.5. The maximum atomic E-state index is 13.7. The second kappa shape index (κ2) is 10.3. The van der Waals surface area contributed by atoms with Gasteiger partial charge in [-0.25, -0.2) is 19.0 Å². The highest BCUT2D eigenvalue weighted by molar-refractivity contribution is 5.76. The molecule has 7 nitrogen and oxygen atoms in total. The van der Waals surface area contributed by atoms with Crippen molar-refractivity contribution >= 4 is 11.7 Å². The lowest BCUT2D eigenvalue weighted by molar-refractivity contribution is -0.132. The van der Waals surface area contributed by atoms with Crippen molar-refractivity contribution < 1.29 is 9.18 Å². The van der Waals surface area contributed by atoms with E-state index < -0.39 is 0 Å². The van der Waals surface area contributed by atoms with Gasteiger partial charge in [-0.2, -0.15) is 5.10 Å². The van der Waals surface area contributed by atoms with Crippen LogP contribution in [0.4, 0.5) is 10.2 Å². The Morgan fingerprint density at radius 2 is 1.85 bits per heavy atom. The van der Waals surface area contributed by atoms with Crippen LogP contribution in [0, 0.1) is 25.6 Å². The van der Waals surface area contributed by atoms with Gasteiger partial charge < -0.3 is 9.80 Å². The predicted octanol–water partition coefficient (Wildman–Crippen LogP) is 4.03. The molecule has 3 heterocycles. The summed E-state index contributed by atoms with van der Waals surface area (Å²) in [7, 11) is 0. The summed E-state index contributed by atoms with van der Waals surface area (Å²) >= 11 is 0. The van der Waals surface area contributed by atoms with Gasteiger partial charge in [0.15, 0.2) is 5.82 Å². The average molecular weight is 465 g/mol. The molecule has 2 aromatic heterocycles. The molecular weight excluding hydrogens is 431 g/mol. The van der Waals surface area contributed by atoms with E-state index in [-0.39, 0.29) is 18.3 Å². The summed E-state index contributed by atoms with van der Waals surface area (Å²) in [4.78, 5) is 26.5. The number of nitrogens with zero attached hydrogens (tertiary/aromatic N) is 6. The van der Waals surface area contributed by atoms with Crippen LogP contribution in [0.1, 0.15) is 37.2 Å². The van der Waals surface area contributed by atoms with Crippen molar-refractivity contribution in [3.05, 3.63) is 59.3 Å². The Morgan fingerprint density at radius 3 is 2.53 bits per heavy atom. The molecule has 1 aliphatic heterocycles. The first kappa shape index (κ1) is 23.9. The lowest BCUT2D eigenvalue weighted by Crippen LogP contribution is -2.50. The Morgan fingerprint density at radius 1 is 1.09 bits per heavy atom. The highest BCUT2D eigenvalue weighted by Gasteiger charge is 2.24. The van der Waals surface area contributed by atoms with Gasteiger partial charge in [0, 0.05) is 44.4 Å². The van der Waals surface area contributed by atoms with E-state index in [1.165, 1.54) is 11.6 Å². The first-order valence-electron chi connectivity index (χ1n) is 12.0. The van der Waals surface area contributed by atoms with Crippen LogP contribution in [0.25, 0.3) is 11.4 Å². The quantitative estimate of drug-likeness (QED) is 0.528. The summed E-state index contributed by atoms with van der Waals surface area (Å²) in [5, 5.41) is 4.65. The fourth-order valence-corrected chi connectivity index (χ4v) is 4.12. The van der Waals surface area contributed by atoms with E-state index >= 15 is 0 Å². The van der Waals surface area contributed by atoms with Gasteiger partial charge in [0.2, 0.25) is 5.91 Å². The number of hydrogen-bond acceptors (Lipinski definition) is 5. The monoisotopic (exact) mass is 464 g/mol. The number of benzene rings is 1. The van der Waals surface area contributed by atoms with Crippen molar-refractivity contribution in [2.45, 2.75) is 47.1 Å². The topological polar surface area (TPSA) is 67.2 Å². The number of carbonyl (C=O) groups is 1. The van der Waals surface area contributed by atoms with Crippen molar-refractivity contribution in [1.82, 2.24) is 24.6 Å². The van der Waals surface area contributed by atoms with Crippen molar-refractivity contribution in [3.63, 3.8) is 0 Å². The predicted molar refractivity (Wildman–Crippen MR) is 131 cm³/mol. The molecule has 0 atom stereocenters. The highest BCUT2D eigenvalue weighted by Crippen LogP contribution is 2.21. The van der Waals surface area contributed by atoms with Crippen LogP contribution in [-0.2, 0) is 17.8 Å². The van der Waals surface area contributed by atoms with Crippen LogP contribution < -0.4 is 4.90 Å². The molecule has 0 aliphatic carbocycles. The molecule has 4 rings (SSSR count). The van der Waals surface area contributed by atoms with Gasteiger partial charge in [0.25, 0.3) is 0 Å². The lowest BCUT2D eigenvalue weighted by atomic mass is 10.1. The third-order valence-corrected chi connectivity index (χ3v) is 6.25. The minimum Gasteiger partial charge on any atom is -0.353 e. The lowest BCUT2D eigenvalue weighted by Gasteiger charge is -2.35. The van der Waals surface area contributed by atoms with Crippen LogP contribution in [0.15, 0.2) is 36.5 Å². The summed E-state index contributed by atoms with van der Waals surface area (Å²) in [5.74, 6) is 2.58. The molecule has 180 valence electrons. The van der Waals surface area contributed by atoms with Gasteiger partial charge in [0.05, 0.1) is 0 Å². The average Bonchev–Trinajstić information content (AvgIpc) is 3.22. The number of aromatic nitrogens is 4. The first-order chi connectivity index (χ1) is 16.3. The molecule has 1 saturated heterocycles. The zero-order chi connectivity index (χ0) is 24.2. The van der Waals surface area contributed by atoms with Crippen molar-refractivity contribution in [2.75, 3.05) is 31.1 Å². The van der Waals surface area contributed by atoms with E-state index in [1.807, 2.05) is 17.2 Å². The summed E-state index contributed by atoms with van der Waals surface area (Å²) in [6, 6.07) is 8.94. The molecule has 1 amide bonds. The van der Waals surface area contributed by atoms with Crippen LogP contribution >= 0.6 is 0 Å². The minimum atomic E-state index is -0.251. The van der Waals surface area contributed by atoms with E-state index in [4.69, 9.17) is 4.98 Å². The van der Waals surface area contributed by atoms with Crippen LogP contribution in [0.3, 0.4) is 0 Å². The molecule has 0 spiro atoms. The third-order valence-electron chi connectivity index (χ3n) is 6.25. The smallest absolute Gasteiger partial charge is 0.244 e. The van der Waals surface area contributed by atoms with Gasteiger partial charge in [-0.15, -0.1) is 0 Å². The van der Waals surface area contributed by atoms with E-state index in [1.54, 1.807) is 23.7 Å². The van der Waals surface area contributed by atoms with Crippen LogP contribution in [-0.4, -0.2) is 56.7 Å². The first-order valence-corrected chi connectivity index (χ1v) is 12.0. The van der Waals surface area contributed by atoms with Gasteiger partial charge in [0.1, 0.15) is 24.0 Å². The molecule has 3 aromatic rings. The number of halogens is 1. The Balaban J connectivity index is 1.46. The minimum absolute atomic E-state index is 0.0365. The molecule has 34 heavy (non-hydrogen) atoms. The molecule has 1 fully saturated rings. The van der Waals surface area contributed by atoms with Crippen molar-refractivity contribution in [1.29, 1.82) is 0 Å². The number of anilines is 1. The zero-order valence-corrected chi connectivity index (χ0v) is 20.5. The van der Waals surface area contributed by atoms with Crippen molar-refractivity contribution in [2.24, 2.45) is 5.92 Å². The maximum absolute atomic E-state index is 13.7. The molecule has 0 bridgehead atoms. The van der Waals surface area contributed by atoms with Gasteiger partial charge in [-0.1, -0.05) is 13.8 Å². The van der Waals surface area contributed by atoms with E-state index in [9.17, 15) is 9.18 Å². The number of piperazine rings is 1. The van der Waals surface area contributed by atoms with E-state index in [0.717, 1.165) is 43.1 Å². The number of amides is 1. The molecule has 0 saturated carbocycles. The summed E-state index contributed by atoms with van der Waals surface area (Å²) in [5.41, 5.74) is 2.49. The molecule has 0 radical (unpaired) electrons.